The number of carbonyl (C=O) groups is 3. The van der Waals surface area contributed by atoms with Crippen LogP contribution in [-0.2, 0) is 14.3 Å². The number of carboxylic acid groups (broad SMARTS) is 1. The molecule has 5 aliphatic rings. The summed E-state index contributed by atoms with van der Waals surface area (Å²) in [4.78, 5) is 37.3. The fraction of sp³-hybridized carbons (Fsp3) is 0.868. The topological polar surface area (TPSA) is 105 Å². The molecule has 2 amide bonds. The van der Waals surface area contributed by atoms with E-state index in [0.29, 0.717) is 29.6 Å². The Morgan fingerprint density at radius 1 is 0.867 bits per heavy atom. The summed E-state index contributed by atoms with van der Waals surface area (Å²) < 4.78 is 6.24. The zero-order chi connectivity index (χ0) is 33.4. The molecule has 45 heavy (non-hydrogen) atoms. The van der Waals surface area contributed by atoms with Gasteiger partial charge in [-0.15, -0.1) is 0 Å². The van der Waals surface area contributed by atoms with Crippen LogP contribution in [0.4, 0.5) is 4.79 Å². The molecule has 5 fully saturated rings. The fourth-order valence-electron chi connectivity index (χ4n) is 12.9. The second-order valence-corrected chi connectivity index (χ2v) is 18.3. The Bertz CT molecular complexity index is 1230. The summed E-state index contributed by atoms with van der Waals surface area (Å²) in [5, 5.41) is 15.7. The molecule has 0 saturated heterocycles. The van der Waals surface area contributed by atoms with Crippen LogP contribution in [0.5, 0.6) is 0 Å². The number of hydrogen-bond acceptors (Lipinski definition) is 4. The van der Waals surface area contributed by atoms with Crippen LogP contribution in [0.15, 0.2) is 12.2 Å². The Labute approximate surface area is 272 Å². The van der Waals surface area contributed by atoms with Gasteiger partial charge in [0.2, 0.25) is 0 Å². The Balaban J connectivity index is 1.40. The third kappa shape index (κ3) is 5.34. The zero-order valence-electron chi connectivity index (χ0n) is 29.7. The summed E-state index contributed by atoms with van der Waals surface area (Å²) >= 11 is 0. The molecule has 0 heterocycles. The summed E-state index contributed by atoms with van der Waals surface area (Å²) in [6, 6.07) is -0.0518. The predicted octanol–water partition coefficient (Wildman–Crippen LogP) is 8.13. The number of carboxylic acids is 1. The summed E-state index contributed by atoms with van der Waals surface area (Å²) in [6.07, 6.45) is 10.9. The van der Waals surface area contributed by atoms with E-state index in [-0.39, 0.29) is 58.1 Å². The Morgan fingerprint density at radius 2 is 1.56 bits per heavy atom. The number of urea groups is 1. The van der Waals surface area contributed by atoms with Crippen LogP contribution in [0.2, 0.25) is 0 Å². The molecule has 3 N–H and O–H groups in total. The summed E-state index contributed by atoms with van der Waals surface area (Å²) in [5.41, 5.74) is 0.872. The quantitative estimate of drug-likeness (QED) is 0.196. The standard InChI is InChI=1S/C38H62N2O5/c1-23(2)24-13-18-38(40-32(44)39-10)20-19-36(8)25(31(24)38)11-12-27-35(7)16-15-28(34(5,6)26(35)14-17-37(27,36)9)45-30(43)22-33(3,4)21-29(41)42/h24-28,31H,1,11-22H2,2-10H3,(H,41,42)(H2,39,40,44)/t24-,25+,26-,27+,28-,31+,35-,36+,37+,38-/m0/s1. The van der Waals surface area contributed by atoms with Crippen LogP contribution in [0.1, 0.15) is 132 Å². The van der Waals surface area contributed by atoms with E-state index in [1.165, 1.54) is 24.8 Å². The molecule has 10 atom stereocenters. The molecule has 0 spiro atoms. The molecule has 0 unspecified atom stereocenters. The molecule has 7 nitrogen and oxygen atoms in total. The van der Waals surface area contributed by atoms with Gasteiger partial charge in [-0.05, 0) is 122 Å². The predicted molar refractivity (Wildman–Crippen MR) is 177 cm³/mol. The van der Waals surface area contributed by atoms with Gasteiger partial charge >= 0.3 is 18.0 Å². The maximum Gasteiger partial charge on any atom is 0.314 e. The van der Waals surface area contributed by atoms with Crippen molar-refractivity contribution in [3.8, 4) is 0 Å². The van der Waals surface area contributed by atoms with E-state index < -0.39 is 11.4 Å². The Hall–Kier alpha value is -2.05. The monoisotopic (exact) mass is 626 g/mol. The van der Waals surface area contributed by atoms with E-state index in [1.54, 1.807) is 7.05 Å². The van der Waals surface area contributed by atoms with E-state index in [0.717, 1.165) is 44.9 Å². The largest absolute Gasteiger partial charge is 0.481 e. The maximum absolute atomic E-state index is 13.1. The number of esters is 1. The van der Waals surface area contributed by atoms with Crippen LogP contribution in [0, 0.1) is 56.7 Å². The van der Waals surface area contributed by atoms with Gasteiger partial charge in [-0.1, -0.05) is 60.6 Å². The van der Waals surface area contributed by atoms with Crippen molar-refractivity contribution in [1.82, 2.24) is 10.6 Å². The van der Waals surface area contributed by atoms with Crippen LogP contribution in [-0.4, -0.2) is 41.8 Å². The van der Waals surface area contributed by atoms with Gasteiger partial charge in [0.25, 0.3) is 0 Å². The average Bonchev–Trinajstić information content (AvgIpc) is 3.29. The van der Waals surface area contributed by atoms with E-state index in [2.05, 4.69) is 58.8 Å². The van der Waals surface area contributed by atoms with Gasteiger partial charge in [0.15, 0.2) is 0 Å². The number of carbonyl (C=O) groups excluding carboxylic acids is 2. The van der Waals surface area contributed by atoms with Crippen LogP contribution in [0.25, 0.3) is 0 Å². The molecule has 0 bridgehead atoms. The van der Waals surface area contributed by atoms with Crippen LogP contribution >= 0.6 is 0 Å². The molecule has 0 radical (unpaired) electrons. The van der Waals surface area contributed by atoms with Crippen molar-refractivity contribution in [2.45, 2.75) is 144 Å². The molecular weight excluding hydrogens is 564 g/mol. The first-order chi connectivity index (χ1) is 20.8. The highest BCUT2D eigenvalue weighted by Gasteiger charge is 2.71. The molecule has 254 valence electrons. The summed E-state index contributed by atoms with van der Waals surface area (Å²) in [6.45, 7) is 22.8. The van der Waals surface area contributed by atoms with E-state index in [1.807, 2.05) is 13.8 Å². The second-order valence-electron chi connectivity index (χ2n) is 18.3. The van der Waals surface area contributed by atoms with Crippen molar-refractivity contribution in [2.24, 2.45) is 56.7 Å². The SMILES string of the molecule is C=C(C)[C@@H]1CC[C@]2(NC(=O)NC)CC[C@]3(C)[C@H](CC[C@@H]4[C@@]5(C)CC[C@H](OC(=O)CC(C)(C)CC(=O)O)C(C)(C)[C@@H]5CC[C@]43C)[C@@H]12. The number of allylic oxidation sites excluding steroid dienone is 1. The van der Waals surface area contributed by atoms with Gasteiger partial charge in [0, 0.05) is 18.0 Å². The molecule has 7 heteroatoms. The average molecular weight is 627 g/mol. The van der Waals surface area contributed by atoms with Gasteiger partial charge < -0.3 is 20.5 Å². The number of fused-ring (bicyclic) bond motifs is 7. The second kappa shape index (κ2) is 11.3. The number of amides is 2. The molecular formula is C38H62N2O5. The van der Waals surface area contributed by atoms with Gasteiger partial charge in [0.05, 0.1) is 12.8 Å². The number of aliphatic carboxylic acids is 1. The molecule has 5 rings (SSSR count). The molecule has 0 aliphatic heterocycles. The highest BCUT2D eigenvalue weighted by molar-refractivity contribution is 5.75. The van der Waals surface area contributed by atoms with Crippen molar-refractivity contribution < 1.29 is 24.2 Å². The van der Waals surface area contributed by atoms with Crippen molar-refractivity contribution >= 4 is 18.0 Å². The highest BCUT2D eigenvalue weighted by Crippen LogP contribution is 2.76. The summed E-state index contributed by atoms with van der Waals surface area (Å²) in [5.74, 6) is 1.32. The third-order valence-electron chi connectivity index (χ3n) is 15.1. The maximum atomic E-state index is 13.1. The summed E-state index contributed by atoms with van der Waals surface area (Å²) in [7, 11) is 1.72. The fourth-order valence-corrected chi connectivity index (χ4v) is 12.9. The van der Waals surface area contributed by atoms with Gasteiger partial charge in [0.1, 0.15) is 6.10 Å². The highest BCUT2D eigenvalue weighted by atomic mass is 16.5. The molecule has 0 aromatic carbocycles. The van der Waals surface area contributed by atoms with Gasteiger partial charge in [-0.25, -0.2) is 4.79 Å². The van der Waals surface area contributed by atoms with Gasteiger partial charge in [-0.2, -0.15) is 0 Å². The van der Waals surface area contributed by atoms with Crippen molar-refractivity contribution in [2.75, 3.05) is 7.05 Å². The Morgan fingerprint density at radius 3 is 2.18 bits per heavy atom. The number of nitrogens with one attached hydrogen (secondary N) is 2. The lowest BCUT2D eigenvalue weighted by molar-refractivity contribution is -0.246. The zero-order valence-corrected chi connectivity index (χ0v) is 29.7. The first-order valence-electron chi connectivity index (χ1n) is 17.8. The third-order valence-corrected chi connectivity index (χ3v) is 15.1. The lowest BCUT2D eigenvalue weighted by Crippen LogP contribution is -2.69. The van der Waals surface area contributed by atoms with Crippen molar-refractivity contribution in [3.05, 3.63) is 12.2 Å². The van der Waals surface area contributed by atoms with Gasteiger partial charge in [-0.3, -0.25) is 9.59 Å². The normalized spacial score (nSPS) is 43.5. The molecule has 5 aliphatic carbocycles. The first kappa shape index (κ1) is 34.3. The van der Waals surface area contributed by atoms with Crippen molar-refractivity contribution in [1.29, 1.82) is 0 Å². The number of ether oxygens (including phenoxy) is 1. The lowest BCUT2D eigenvalue weighted by Gasteiger charge is -2.73. The number of hydrogen-bond donors (Lipinski definition) is 3. The minimum absolute atomic E-state index is 0.0478. The van der Waals surface area contributed by atoms with Crippen LogP contribution in [0.3, 0.4) is 0 Å². The molecule has 0 aromatic heterocycles. The smallest absolute Gasteiger partial charge is 0.314 e. The van der Waals surface area contributed by atoms with E-state index >= 15 is 0 Å². The first-order valence-corrected chi connectivity index (χ1v) is 17.8. The number of rotatable bonds is 7. The minimum Gasteiger partial charge on any atom is -0.481 e. The van der Waals surface area contributed by atoms with E-state index in [4.69, 9.17) is 4.74 Å². The molecule has 5 saturated carbocycles. The van der Waals surface area contributed by atoms with Crippen molar-refractivity contribution in [3.63, 3.8) is 0 Å². The molecule has 0 aromatic rings. The lowest BCUT2D eigenvalue weighted by atomic mass is 9.32. The van der Waals surface area contributed by atoms with E-state index in [9.17, 15) is 19.5 Å². The Kier molecular flexibility index (Phi) is 8.60. The van der Waals surface area contributed by atoms with Crippen LogP contribution < -0.4 is 10.6 Å². The minimum atomic E-state index is -0.885.